The first-order valence-electron chi connectivity index (χ1n) is 8.83. The van der Waals surface area contributed by atoms with Crippen LogP contribution in [-0.4, -0.2) is 29.7 Å². The van der Waals surface area contributed by atoms with Crippen molar-refractivity contribution in [1.82, 2.24) is 4.90 Å². The van der Waals surface area contributed by atoms with Gasteiger partial charge in [-0.25, -0.2) is 0 Å². The number of fused-ring (bicyclic) bond motifs is 1. The van der Waals surface area contributed by atoms with Crippen molar-refractivity contribution in [3.8, 4) is 0 Å². The largest absolute Gasteiger partial charge is 0.325 e. The summed E-state index contributed by atoms with van der Waals surface area (Å²) in [6.45, 7) is 2.88. The lowest BCUT2D eigenvalue weighted by atomic mass is 9.96. The molecule has 1 saturated carbocycles. The summed E-state index contributed by atoms with van der Waals surface area (Å²) in [7, 11) is 0. The average molecular weight is 354 g/mol. The van der Waals surface area contributed by atoms with Crippen molar-refractivity contribution < 1.29 is 9.59 Å². The normalized spacial score (nSPS) is 20.1. The Labute approximate surface area is 151 Å². The molecule has 0 unspecified atom stereocenters. The number of ketones is 1. The van der Waals surface area contributed by atoms with E-state index in [-0.39, 0.29) is 11.7 Å². The zero-order chi connectivity index (χ0) is 17.4. The number of rotatable bonds is 5. The third-order valence-electron chi connectivity index (χ3n) is 5.09. The van der Waals surface area contributed by atoms with Crippen LogP contribution >= 0.6 is 11.3 Å². The molecule has 1 aromatic heterocycles. The quantitative estimate of drug-likeness (QED) is 0.829. The predicted molar refractivity (Wildman–Crippen MR) is 100 cm³/mol. The van der Waals surface area contributed by atoms with Gasteiger partial charge in [-0.1, -0.05) is 12.1 Å². The third kappa shape index (κ3) is 3.53. The fourth-order valence-corrected chi connectivity index (χ4v) is 4.65. The molecule has 1 fully saturated rings. The van der Waals surface area contributed by atoms with Gasteiger partial charge in [-0.3, -0.25) is 14.5 Å². The van der Waals surface area contributed by atoms with E-state index in [9.17, 15) is 9.59 Å². The second-order valence-corrected chi connectivity index (χ2v) is 7.99. The maximum atomic E-state index is 12.6. The molecule has 2 heterocycles. The van der Waals surface area contributed by atoms with E-state index < -0.39 is 0 Å². The van der Waals surface area contributed by atoms with Crippen molar-refractivity contribution in [2.24, 2.45) is 5.92 Å². The van der Waals surface area contributed by atoms with E-state index in [1.165, 1.54) is 30.2 Å². The minimum absolute atomic E-state index is 0.00548. The van der Waals surface area contributed by atoms with Crippen LogP contribution in [0.2, 0.25) is 0 Å². The summed E-state index contributed by atoms with van der Waals surface area (Å²) in [6.07, 6.45) is 3.56. The standard InChI is InChI=1S/C20H22N2O2S/c1-13(23)15-3-2-4-16(11-15)21-19(24)12-22-9-7-18-17(8-10-25-18)20(22)14-5-6-14/h2-4,8,10-11,14,20H,5-7,9,12H2,1H3,(H,21,24)/t20-/m0/s1. The van der Waals surface area contributed by atoms with Crippen molar-refractivity contribution >= 4 is 28.7 Å². The van der Waals surface area contributed by atoms with Crippen LogP contribution in [-0.2, 0) is 11.2 Å². The zero-order valence-corrected chi connectivity index (χ0v) is 15.1. The van der Waals surface area contributed by atoms with Crippen molar-refractivity contribution in [3.05, 3.63) is 51.7 Å². The summed E-state index contributed by atoms with van der Waals surface area (Å²) >= 11 is 1.84. The summed E-state index contributed by atoms with van der Waals surface area (Å²) in [5.41, 5.74) is 2.74. The van der Waals surface area contributed by atoms with E-state index in [1.54, 1.807) is 18.2 Å². The second kappa shape index (κ2) is 6.73. The van der Waals surface area contributed by atoms with Gasteiger partial charge in [0.05, 0.1) is 6.54 Å². The fourth-order valence-electron chi connectivity index (χ4n) is 3.74. The number of carbonyl (C=O) groups excluding carboxylic acids is 2. The number of thiophene rings is 1. The van der Waals surface area contributed by atoms with Crippen molar-refractivity contribution in [3.63, 3.8) is 0 Å². The predicted octanol–water partition coefficient (Wildman–Crippen LogP) is 3.90. The first-order chi connectivity index (χ1) is 12.1. The molecule has 25 heavy (non-hydrogen) atoms. The summed E-state index contributed by atoms with van der Waals surface area (Å²) < 4.78 is 0. The molecule has 1 N–H and O–H groups in total. The van der Waals surface area contributed by atoms with Crippen LogP contribution in [0.4, 0.5) is 5.69 Å². The highest BCUT2D eigenvalue weighted by atomic mass is 32.1. The molecule has 0 spiro atoms. The second-order valence-electron chi connectivity index (χ2n) is 6.99. The minimum Gasteiger partial charge on any atom is -0.325 e. The van der Waals surface area contributed by atoms with Gasteiger partial charge < -0.3 is 5.32 Å². The Balaban J connectivity index is 1.45. The minimum atomic E-state index is -0.00923. The Morgan fingerprint density at radius 2 is 2.12 bits per heavy atom. The molecular weight excluding hydrogens is 332 g/mol. The Bertz CT molecular complexity index is 810. The van der Waals surface area contributed by atoms with Gasteiger partial charge in [0.15, 0.2) is 5.78 Å². The number of nitrogens with zero attached hydrogens (tertiary/aromatic N) is 1. The molecule has 1 aliphatic carbocycles. The van der Waals surface area contributed by atoms with Crippen LogP contribution < -0.4 is 5.32 Å². The lowest BCUT2D eigenvalue weighted by molar-refractivity contribution is -0.118. The van der Waals surface area contributed by atoms with Gasteiger partial charge in [0.25, 0.3) is 0 Å². The average Bonchev–Trinajstić information content (AvgIpc) is 3.31. The van der Waals surface area contributed by atoms with Gasteiger partial charge in [0.2, 0.25) is 5.91 Å². The number of hydrogen-bond acceptors (Lipinski definition) is 4. The van der Waals surface area contributed by atoms with Crippen LogP contribution in [0.25, 0.3) is 0 Å². The third-order valence-corrected chi connectivity index (χ3v) is 6.08. The van der Waals surface area contributed by atoms with E-state index in [1.807, 2.05) is 17.4 Å². The molecule has 0 radical (unpaired) electrons. The Morgan fingerprint density at radius 3 is 2.88 bits per heavy atom. The monoisotopic (exact) mass is 354 g/mol. The molecule has 5 heteroatoms. The Morgan fingerprint density at radius 1 is 1.28 bits per heavy atom. The molecule has 1 aliphatic heterocycles. The van der Waals surface area contributed by atoms with E-state index in [0.29, 0.717) is 29.8 Å². The molecule has 0 saturated heterocycles. The molecule has 1 atom stereocenters. The summed E-state index contributed by atoms with van der Waals surface area (Å²) in [5.74, 6) is 0.693. The smallest absolute Gasteiger partial charge is 0.238 e. The lowest BCUT2D eigenvalue weighted by Gasteiger charge is -2.35. The molecule has 130 valence electrons. The van der Waals surface area contributed by atoms with Crippen LogP contribution in [0.1, 0.15) is 46.6 Å². The van der Waals surface area contributed by atoms with Gasteiger partial charge >= 0.3 is 0 Å². The van der Waals surface area contributed by atoms with Crippen LogP contribution in [0.5, 0.6) is 0 Å². The number of Topliss-reactive ketones (excluding diaryl/α,β-unsaturated/α-hetero) is 1. The maximum absolute atomic E-state index is 12.6. The van der Waals surface area contributed by atoms with Gasteiger partial charge in [0, 0.05) is 28.7 Å². The van der Waals surface area contributed by atoms with Gasteiger partial charge in [-0.15, -0.1) is 11.3 Å². The number of anilines is 1. The van der Waals surface area contributed by atoms with Crippen molar-refractivity contribution in [1.29, 1.82) is 0 Å². The first kappa shape index (κ1) is 16.5. The molecule has 0 bridgehead atoms. The topological polar surface area (TPSA) is 49.4 Å². The van der Waals surface area contributed by atoms with Gasteiger partial charge in [0.1, 0.15) is 0 Å². The number of hydrogen-bond donors (Lipinski definition) is 1. The molecule has 1 aromatic carbocycles. The summed E-state index contributed by atoms with van der Waals surface area (Å²) in [6, 6.07) is 9.77. The lowest BCUT2D eigenvalue weighted by Crippen LogP contribution is -2.41. The highest BCUT2D eigenvalue weighted by molar-refractivity contribution is 7.10. The number of nitrogens with one attached hydrogen (secondary N) is 1. The van der Waals surface area contributed by atoms with Crippen LogP contribution in [0.3, 0.4) is 0 Å². The van der Waals surface area contributed by atoms with Crippen LogP contribution in [0, 0.1) is 5.92 Å². The number of benzene rings is 1. The van der Waals surface area contributed by atoms with E-state index >= 15 is 0 Å². The van der Waals surface area contributed by atoms with Crippen molar-refractivity contribution in [2.75, 3.05) is 18.4 Å². The molecular formula is C20H22N2O2S. The van der Waals surface area contributed by atoms with E-state index in [4.69, 9.17) is 0 Å². The molecule has 2 aliphatic rings. The highest BCUT2D eigenvalue weighted by Gasteiger charge is 2.40. The Kier molecular flexibility index (Phi) is 4.44. The molecule has 1 amide bonds. The number of carbonyl (C=O) groups is 2. The number of amides is 1. The zero-order valence-electron chi connectivity index (χ0n) is 14.3. The fraction of sp³-hybridized carbons (Fsp3) is 0.400. The molecule has 2 aromatic rings. The van der Waals surface area contributed by atoms with Crippen LogP contribution in [0.15, 0.2) is 35.7 Å². The first-order valence-corrected chi connectivity index (χ1v) is 9.71. The maximum Gasteiger partial charge on any atom is 0.238 e. The van der Waals surface area contributed by atoms with Gasteiger partial charge in [-0.2, -0.15) is 0 Å². The van der Waals surface area contributed by atoms with E-state index in [2.05, 4.69) is 21.7 Å². The highest BCUT2D eigenvalue weighted by Crippen LogP contribution is 2.48. The summed E-state index contributed by atoms with van der Waals surface area (Å²) in [5, 5.41) is 5.13. The molecule has 4 nitrogen and oxygen atoms in total. The Hall–Kier alpha value is -1.98. The van der Waals surface area contributed by atoms with Crippen molar-refractivity contribution in [2.45, 2.75) is 32.2 Å². The molecule has 4 rings (SSSR count). The SMILES string of the molecule is CC(=O)c1cccc(NC(=O)CN2CCc3sccc3[C@@H]2C2CC2)c1. The summed E-state index contributed by atoms with van der Waals surface area (Å²) in [4.78, 5) is 27.9. The van der Waals surface area contributed by atoms with E-state index in [0.717, 1.165) is 13.0 Å². The van der Waals surface area contributed by atoms with Gasteiger partial charge in [-0.05, 0) is 61.2 Å².